The van der Waals surface area contributed by atoms with E-state index in [-0.39, 0.29) is 0 Å². The van der Waals surface area contributed by atoms with E-state index in [1.54, 1.807) is 6.08 Å². The second kappa shape index (κ2) is 5.89. The molecular formula is C7H12BrN. The molecule has 0 radical (unpaired) electrons. The molecule has 9 heavy (non-hydrogen) atoms. The van der Waals surface area contributed by atoms with E-state index in [0.29, 0.717) is 0 Å². The first-order valence-electron chi connectivity index (χ1n) is 2.96. The third kappa shape index (κ3) is 4.28. The summed E-state index contributed by atoms with van der Waals surface area (Å²) in [5.41, 5.74) is 2.02. The maximum Gasteiger partial charge on any atom is 0.0704 e. The van der Waals surface area contributed by atoms with Crippen molar-refractivity contribution >= 4 is 15.9 Å². The van der Waals surface area contributed by atoms with Gasteiger partial charge in [-0.2, -0.15) is 0 Å². The Bertz CT molecular complexity index is 107. The van der Waals surface area contributed by atoms with E-state index in [1.165, 1.54) is 5.70 Å². The van der Waals surface area contributed by atoms with Crippen LogP contribution in [0.2, 0.25) is 0 Å². The molecule has 0 aliphatic carbocycles. The number of hydrogen-bond donors (Lipinski definition) is 1. The van der Waals surface area contributed by atoms with E-state index in [1.807, 2.05) is 6.08 Å². The molecule has 0 atom stereocenters. The molecule has 0 aromatic carbocycles. The summed E-state index contributed by atoms with van der Waals surface area (Å²) in [6.07, 6.45) is 4.79. The first-order valence-corrected chi connectivity index (χ1v) is 4.08. The van der Waals surface area contributed by atoms with Crippen molar-refractivity contribution in [2.24, 2.45) is 0 Å². The highest BCUT2D eigenvalue weighted by atomic mass is 79.9. The fraction of sp³-hybridized carbons (Fsp3) is 0.429. The minimum absolute atomic E-state index is 0.806. The van der Waals surface area contributed by atoms with Crippen LogP contribution in [0.4, 0.5) is 0 Å². The van der Waals surface area contributed by atoms with E-state index in [2.05, 4.69) is 34.7 Å². The van der Waals surface area contributed by atoms with Gasteiger partial charge in [-0.25, -0.2) is 0 Å². The van der Waals surface area contributed by atoms with Crippen LogP contribution < -0.4 is 5.32 Å². The Morgan fingerprint density at radius 2 is 2.44 bits per heavy atom. The maximum absolute atomic E-state index is 3.60. The van der Waals surface area contributed by atoms with E-state index in [4.69, 9.17) is 0 Å². The van der Waals surface area contributed by atoms with Crippen molar-refractivity contribution in [3.63, 3.8) is 0 Å². The lowest BCUT2D eigenvalue weighted by Crippen LogP contribution is -2.08. The van der Waals surface area contributed by atoms with Gasteiger partial charge >= 0.3 is 0 Å². The Hall–Kier alpha value is -0.240. The molecule has 0 spiro atoms. The number of halogens is 1. The monoisotopic (exact) mass is 189 g/mol. The smallest absolute Gasteiger partial charge is 0.0704 e. The second-order valence-electron chi connectivity index (χ2n) is 1.59. The summed E-state index contributed by atoms with van der Waals surface area (Å²) < 4.78 is 0. The molecular weight excluding hydrogens is 178 g/mol. The molecule has 0 amide bonds. The van der Waals surface area contributed by atoms with Gasteiger partial charge in [0.15, 0.2) is 0 Å². The summed E-state index contributed by atoms with van der Waals surface area (Å²) in [6.45, 7) is 5.70. The first-order chi connectivity index (χ1) is 4.35. The van der Waals surface area contributed by atoms with Crippen LogP contribution in [0.1, 0.15) is 13.3 Å². The van der Waals surface area contributed by atoms with Crippen LogP contribution in [0.3, 0.4) is 0 Å². The fourth-order valence-electron chi connectivity index (χ4n) is 0.530. The fourth-order valence-corrected chi connectivity index (χ4v) is 0.890. The molecule has 0 heterocycles. The highest BCUT2D eigenvalue weighted by Gasteiger charge is 1.85. The van der Waals surface area contributed by atoms with Gasteiger partial charge in [-0.15, -0.1) is 0 Å². The lowest BCUT2D eigenvalue weighted by molar-refractivity contribution is 0.886. The van der Waals surface area contributed by atoms with Crippen LogP contribution in [-0.4, -0.2) is 5.45 Å². The molecule has 0 bridgehead atoms. The molecule has 0 rings (SSSR count). The van der Waals surface area contributed by atoms with Gasteiger partial charge in [0, 0.05) is 5.70 Å². The van der Waals surface area contributed by atoms with Crippen molar-refractivity contribution in [1.29, 1.82) is 0 Å². The molecule has 0 aromatic rings. The molecule has 0 aromatic heterocycles. The van der Waals surface area contributed by atoms with Gasteiger partial charge in [-0.3, -0.25) is 0 Å². The molecule has 2 heteroatoms. The van der Waals surface area contributed by atoms with Crippen LogP contribution in [-0.2, 0) is 0 Å². The highest BCUT2D eigenvalue weighted by Crippen LogP contribution is 1.95. The summed E-state index contributed by atoms with van der Waals surface area (Å²) in [7, 11) is 0. The van der Waals surface area contributed by atoms with E-state index in [9.17, 15) is 0 Å². The van der Waals surface area contributed by atoms with Crippen molar-refractivity contribution in [2.75, 3.05) is 5.45 Å². The largest absolute Gasteiger partial charge is 0.379 e. The lowest BCUT2D eigenvalue weighted by Gasteiger charge is -2.02. The molecule has 0 fully saturated rings. The van der Waals surface area contributed by atoms with Crippen molar-refractivity contribution < 1.29 is 0 Å². The van der Waals surface area contributed by atoms with Crippen LogP contribution in [0.5, 0.6) is 0 Å². The number of nitrogens with one attached hydrogen (secondary N) is 1. The molecule has 1 nitrogen and oxygen atoms in total. The zero-order valence-corrected chi connectivity index (χ0v) is 7.24. The van der Waals surface area contributed by atoms with Crippen LogP contribution >= 0.6 is 15.9 Å². The third-order valence-corrected chi connectivity index (χ3v) is 1.27. The number of alkyl halides is 1. The summed E-state index contributed by atoms with van der Waals surface area (Å²) in [4.78, 5) is 0. The van der Waals surface area contributed by atoms with Gasteiger partial charge in [0.2, 0.25) is 0 Å². The van der Waals surface area contributed by atoms with E-state index in [0.717, 1.165) is 11.9 Å². The molecule has 0 saturated carbocycles. The zero-order valence-electron chi connectivity index (χ0n) is 5.65. The highest BCUT2D eigenvalue weighted by molar-refractivity contribution is 9.09. The minimum atomic E-state index is 0.806. The molecule has 52 valence electrons. The zero-order chi connectivity index (χ0) is 7.11. The van der Waals surface area contributed by atoms with E-state index >= 15 is 0 Å². The van der Waals surface area contributed by atoms with Gasteiger partial charge in [0.1, 0.15) is 0 Å². The summed E-state index contributed by atoms with van der Waals surface area (Å²) in [5.74, 6) is 0. The van der Waals surface area contributed by atoms with Gasteiger partial charge in [0.25, 0.3) is 0 Å². The van der Waals surface area contributed by atoms with Crippen molar-refractivity contribution in [3.05, 3.63) is 24.4 Å². The first kappa shape index (κ1) is 8.76. The molecule has 0 aliphatic rings. The topological polar surface area (TPSA) is 12.0 Å². The minimum Gasteiger partial charge on any atom is -0.379 e. The number of allylic oxidation sites excluding steroid dienone is 3. The molecule has 0 aliphatic heterocycles. The summed E-state index contributed by atoms with van der Waals surface area (Å²) in [5, 5.41) is 3.14. The SMILES string of the molecule is C=C/C=C(\CC)NCBr. The number of rotatable bonds is 4. The molecule has 1 N–H and O–H groups in total. The Morgan fingerprint density at radius 1 is 1.78 bits per heavy atom. The average Bonchev–Trinajstić information content (AvgIpc) is 1.88. The average molecular weight is 190 g/mol. The second-order valence-corrected chi connectivity index (χ2v) is 2.15. The van der Waals surface area contributed by atoms with Crippen LogP contribution in [0.25, 0.3) is 0 Å². The molecule has 0 unspecified atom stereocenters. The van der Waals surface area contributed by atoms with E-state index < -0.39 is 0 Å². The Labute approximate surface area is 65.0 Å². The Kier molecular flexibility index (Phi) is 5.73. The third-order valence-electron chi connectivity index (χ3n) is 0.994. The normalized spacial score (nSPS) is 11.1. The van der Waals surface area contributed by atoms with Crippen molar-refractivity contribution in [2.45, 2.75) is 13.3 Å². The van der Waals surface area contributed by atoms with Gasteiger partial charge in [-0.1, -0.05) is 35.5 Å². The Morgan fingerprint density at radius 3 is 2.78 bits per heavy atom. The quantitative estimate of drug-likeness (QED) is 0.407. The predicted octanol–water partition coefficient (Wildman–Crippen LogP) is 2.41. The maximum atomic E-state index is 3.60. The summed E-state index contributed by atoms with van der Waals surface area (Å²) >= 11 is 3.27. The Balaban J connectivity index is 3.66. The van der Waals surface area contributed by atoms with Crippen molar-refractivity contribution in [3.8, 4) is 0 Å². The summed E-state index contributed by atoms with van der Waals surface area (Å²) in [6, 6.07) is 0. The van der Waals surface area contributed by atoms with Crippen LogP contribution in [0.15, 0.2) is 24.4 Å². The van der Waals surface area contributed by atoms with Gasteiger partial charge in [0.05, 0.1) is 5.45 Å². The van der Waals surface area contributed by atoms with Gasteiger partial charge in [-0.05, 0) is 12.5 Å². The molecule has 0 saturated heterocycles. The number of hydrogen-bond acceptors (Lipinski definition) is 1. The van der Waals surface area contributed by atoms with Gasteiger partial charge < -0.3 is 5.32 Å². The standard InChI is InChI=1S/C7H12BrN/c1-3-5-7(4-2)9-6-8/h3,5,9H,1,4,6H2,2H3/b7-5+. The van der Waals surface area contributed by atoms with Crippen LogP contribution in [0, 0.1) is 0 Å². The van der Waals surface area contributed by atoms with Crippen molar-refractivity contribution in [1.82, 2.24) is 5.32 Å². The predicted molar refractivity (Wildman–Crippen MR) is 45.5 cm³/mol. The lowest BCUT2D eigenvalue weighted by atomic mass is 10.3.